The number of carbonyl (C=O) groups is 1. The average Bonchev–Trinajstić information content (AvgIpc) is 3.03. The first-order valence-corrected chi connectivity index (χ1v) is 5.72. The fraction of sp³-hybridized carbons (Fsp3) is 0.462. The van der Waals surface area contributed by atoms with Crippen LogP contribution in [0.3, 0.4) is 0 Å². The van der Waals surface area contributed by atoms with Gasteiger partial charge in [-0.2, -0.15) is 0 Å². The molecule has 0 saturated heterocycles. The van der Waals surface area contributed by atoms with E-state index in [1.165, 1.54) is 0 Å². The molecule has 4 heteroatoms. The number of aryl methyl sites for hydroxylation is 1. The topological polar surface area (TPSA) is 64.3 Å². The second-order valence-corrected chi connectivity index (χ2v) is 4.70. The van der Waals surface area contributed by atoms with Crippen LogP contribution in [0.5, 0.6) is 5.75 Å². The van der Waals surface area contributed by atoms with Gasteiger partial charge in [-0.1, -0.05) is 6.07 Å². The summed E-state index contributed by atoms with van der Waals surface area (Å²) in [4.78, 5) is 11.9. The quantitative estimate of drug-likeness (QED) is 0.837. The third-order valence-corrected chi connectivity index (χ3v) is 3.30. The summed E-state index contributed by atoms with van der Waals surface area (Å²) in [6.07, 6.45) is 1.53. The summed E-state index contributed by atoms with van der Waals surface area (Å²) in [7, 11) is 1.63. The first kappa shape index (κ1) is 11.9. The maximum atomic E-state index is 11.9. The van der Waals surface area contributed by atoms with E-state index in [4.69, 9.17) is 10.5 Å². The Bertz CT molecular complexity index is 465. The van der Waals surface area contributed by atoms with Crippen molar-refractivity contribution in [2.24, 2.45) is 5.73 Å². The predicted molar refractivity (Wildman–Crippen MR) is 67.3 cm³/mol. The molecule has 1 aromatic carbocycles. The summed E-state index contributed by atoms with van der Waals surface area (Å²) in [5.74, 6) is 0.705. The molecule has 0 atom stereocenters. The lowest BCUT2D eigenvalue weighted by Gasteiger charge is -2.15. The van der Waals surface area contributed by atoms with E-state index >= 15 is 0 Å². The molecule has 1 aromatic rings. The van der Waals surface area contributed by atoms with E-state index in [1.54, 1.807) is 7.11 Å². The van der Waals surface area contributed by atoms with Crippen LogP contribution in [-0.2, 0) is 4.79 Å². The third-order valence-electron chi connectivity index (χ3n) is 3.30. The summed E-state index contributed by atoms with van der Waals surface area (Å²) in [6, 6.07) is 3.81. The van der Waals surface area contributed by atoms with Crippen LogP contribution >= 0.6 is 0 Å². The normalized spacial score (nSPS) is 16.5. The zero-order valence-corrected chi connectivity index (χ0v) is 10.5. The number of hydrogen-bond donors (Lipinski definition) is 2. The fourth-order valence-electron chi connectivity index (χ4n) is 1.89. The van der Waals surface area contributed by atoms with Crippen molar-refractivity contribution >= 4 is 11.6 Å². The first-order chi connectivity index (χ1) is 7.98. The molecule has 1 aliphatic carbocycles. The van der Waals surface area contributed by atoms with Gasteiger partial charge in [-0.3, -0.25) is 4.79 Å². The monoisotopic (exact) mass is 234 g/mol. The average molecular weight is 234 g/mol. The molecule has 0 radical (unpaired) electrons. The van der Waals surface area contributed by atoms with Gasteiger partial charge in [-0.15, -0.1) is 0 Å². The number of hydrogen-bond acceptors (Lipinski definition) is 3. The minimum absolute atomic E-state index is 0.105. The Kier molecular flexibility index (Phi) is 2.83. The van der Waals surface area contributed by atoms with Crippen molar-refractivity contribution in [3.8, 4) is 5.75 Å². The Hall–Kier alpha value is -1.55. The maximum Gasteiger partial charge on any atom is 0.244 e. The van der Waals surface area contributed by atoms with Crippen LogP contribution in [-0.4, -0.2) is 18.6 Å². The zero-order chi connectivity index (χ0) is 12.6. The van der Waals surface area contributed by atoms with Crippen LogP contribution in [0.25, 0.3) is 0 Å². The summed E-state index contributed by atoms with van der Waals surface area (Å²) < 4.78 is 5.32. The number of amides is 1. The summed E-state index contributed by atoms with van der Waals surface area (Å²) in [5.41, 5.74) is 7.96. The Morgan fingerprint density at radius 3 is 2.59 bits per heavy atom. The van der Waals surface area contributed by atoms with E-state index in [1.807, 2.05) is 26.0 Å². The smallest absolute Gasteiger partial charge is 0.244 e. The van der Waals surface area contributed by atoms with E-state index < -0.39 is 5.54 Å². The van der Waals surface area contributed by atoms with Gasteiger partial charge in [0, 0.05) is 11.3 Å². The van der Waals surface area contributed by atoms with Gasteiger partial charge in [0.15, 0.2) is 0 Å². The Balaban J connectivity index is 2.24. The molecule has 0 unspecified atom stereocenters. The Labute approximate surface area is 101 Å². The molecular weight excluding hydrogens is 216 g/mol. The SMILES string of the molecule is COc1c(C)ccc(NC(=O)C2(N)CC2)c1C. The van der Waals surface area contributed by atoms with Crippen molar-refractivity contribution in [1.82, 2.24) is 0 Å². The number of benzene rings is 1. The molecule has 1 saturated carbocycles. The molecule has 3 N–H and O–H groups in total. The minimum Gasteiger partial charge on any atom is -0.496 e. The highest BCUT2D eigenvalue weighted by Crippen LogP contribution is 2.35. The van der Waals surface area contributed by atoms with Crippen molar-refractivity contribution in [3.63, 3.8) is 0 Å². The lowest BCUT2D eigenvalue weighted by Crippen LogP contribution is -2.38. The molecule has 0 spiro atoms. The number of ether oxygens (including phenoxy) is 1. The molecule has 1 aliphatic rings. The van der Waals surface area contributed by atoms with E-state index in [2.05, 4.69) is 5.32 Å². The zero-order valence-electron chi connectivity index (χ0n) is 10.5. The second-order valence-electron chi connectivity index (χ2n) is 4.70. The van der Waals surface area contributed by atoms with Gasteiger partial charge in [0.05, 0.1) is 12.6 Å². The highest BCUT2D eigenvalue weighted by Gasteiger charge is 2.46. The van der Waals surface area contributed by atoms with Crippen LogP contribution in [0.2, 0.25) is 0 Å². The molecule has 0 bridgehead atoms. The number of nitrogens with two attached hydrogens (primary N) is 1. The number of carbonyl (C=O) groups excluding carboxylic acids is 1. The van der Waals surface area contributed by atoms with E-state index in [0.717, 1.165) is 35.4 Å². The van der Waals surface area contributed by atoms with Crippen molar-refractivity contribution < 1.29 is 9.53 Å². The van der Waals surface area contributed by atoms with Gasteiger partial charge in [0.25, 0.3) is 0 Å². The molecule has 2 rings (SSSR count). The fourth-order valence-corrected chi connectivity index (χ4v) is 1.89. The van der Waals surface area contributed by atoms with Crippen LogP contribution in [0.4, 0.5) is 5.69 Å². The number of anilines is 1. The van der Waals surface area contributed by atoms with E-state index in [9.17, 15) is 4.79 Å². The van der Waals surface area contributed by atoms with Crippen molar-refractivity contribution in [2.45, 2.75) is 32.2 Å². The molecule has 1 amide bonds. The van der Waals surface area contributed by atoms with E-state index in [0.29, 0.717) is 0 Å². The lowest BCUT2D eigenvalue weighted by atomic mass is 10.1. The largest absolute Gasteiger partial charge is 0.496 e. The van der Waals surface area contributed by atoms with Gasteiger partial charge in [0.2, 0.25) is 5.91 Å². The van der Waals surface area contributed by atoms with Crippen LogP contribution in [0, 0.1) is 13.8 Å². The highest BCUT2D eigenvalue weighted by atomic mass is 16.5. The number of nitrogens with one attached hydrogen (secondary N) is 1. The molecular formula is C13H18N2O2. The molecule has 0 aromatic heterocycles. The molecule has 92 valence electrons. The maximum absolute atomic E-state index is 11.9. The standard InChI is InChI=1S/C13H18N2O2/c1-8-4-5-10(9(2)11(8)17-3)15-12(16)13(14)6-7-13/h4-5H,6-7,14H2,1-3H3,(H,15,16). The van der Waals surface area contributed by atoms with Gasteiger partial charge in [0.1, 0.15) is 5.75 Å². The Morgan fingerprint density at radius 1 is 1.41 bits per heavy atom. The van der Waals surface area contributed by atoms with Crippen LogP contribution in [0.15, 0.2) is 12.1 Å². The summed E-state index contributed by atoms with van der Waals surface area (Å²) in [5, 5.41) is 2.87. The molecule has 0 aliphatic heterocycles. The number of methoxy groups -OCH3 is 1. The predicted octanol–water partition coefficient (Wildman–Crippen LogP) is 1.74. The van der Waals surface area contributed by atoms with Crippen LogP contribution < -0.4 is 15.8 Å². The molecule has 17 heavy (non-hydrogen) atoms. The highest BCUT2D eigenvalue weighted by molar-refractivity contribution is 6.00. The van der Waals surface area contributed by atoms with Gasteiger partial charge >= 0.3 is 0 Å². The Morgan fingerprint density at radius 2 is 2.06 bits per heavy atom. The molecule has 4 nitrogen and oxygen atoms in total. The number of rotatable bonds is 3. The lowest BCUT2D eigenvalue weighted by molar-refractivity contribution is -0.118. The summed E-state index contributed by atoms with van der Waals surface area (Å²) in [6.45, 7) is 3.90. The summed E-state index contributed by atoms with van der Waals surface area (Å²) >= 11 is 0. The van der Waals surface area contributed by atoms with E-state index in [-0.39, 0.29) is 5.91 Å². The van der Waals surface area contributed by atoms with Gasteiger partial charge in [-0.25, -0.2) is 0 Å². The van der Waals surface area contributed by atoms with Crippen LogP contribution in [0.1, 0.15) is 24.0 Å². The van der Waals surface area contributed by atoms with Crippen molar-refractivity contribution in [3.05, 3.63) is 23.3 Å². The van der Waals surface area contributed by atoms with Gasteiger partial charge in [-0.05, 0) is 38.3 Å². The first-order valence-electron chi connectivity index (χ1n) is 5.72. The molecule has 1 fully saturated rings. The van der Waals surface area contributed by atoms with Gasteiger partial charge < -0.3 is 15.8 Å². The van der Waals surface area contributed by atoms with Crippen molar-refractivity contribution in [2.75, 3.05) is 12.4 Å². The van der Waals surface area contributed by atoms with Crippen molar-refractivity contribution in [1.29, 1.82) is 0 Å². The molecule has 0 heterocycles. The third kappa shape index (κ3) is 2.13. The minimum atomic E-state index is -0.648. The second kappa shape index (κ2) is 4.04.